The fourth-order valence-corrected chi connectivity index (χ4v) is 5.15. The second-order valence-corrected chi connectivity index (χ2v) is 10.8. The average molecular weight is 532 g/mol. The highest BCUT2D eigenvalue weighted by molar-refractivity contribution is 7.98. The molecule has 0 aliphatic carbocycles. The first-order valence-corrected chi connectivity index (χ1v) is 14.0. The van der Waals surface area contributed by atoms with E-state index in [1.54, 1.807) is 13.8 Å². The van der Waals surface area contributed by atoms with Crippen LogP contribution in [-0.2, 0) is 25.6 Å². The molecule has 4 atom stereocenters. The van der Waals surface area contributed by atoms with Crippen LogP contribution in [0, 0.1) is 5.92 Å². The summed E-state index contributed by atoms with van der Waals surface area (Å²) in [6, 6.07) is 4.27. The van der Waals surface area contributed by atoms with Crippen LogP contribution in [0.2, 0.25) is 0 Å². The van der Waals surface area contributed by atoms with Gasteiger partial charge in [0.2, 0.25) is 17.7 Å². The van der Waals surface area contributed by atoms with E-state index in [1.165, 1.54) is 16.7 Å². The maximum atomic E-state index is 13.3. The van der Waals surface area contributed by atoms with Crippen molar-refractivity contribution in [2.24, 2.45) is 11.7 Å². The number of carbonyl (C=O) groups excluding carboxylic acids is 3. The van der Waals surface area contributed by atoms with Gasteiger partial charge in [-0.25, -0.2) is 4.79 Å². The van der Waals surface area contributed by atoms with E-state index in [1.807, 2.05) is 36.7 Å². The molecule has 3 rings (SSSR count). The maximum Gasteiger partial charge on any atom is 0.326 e. The number of benzene rings is 1. The summed E-state index contributed by atoms with van der Waals surface area (Å²) in [5.41, 5.74) is 8.21. The van der Waals surface area contributed by atoms with Gasteiger partial charge in [-0.1, -0.05) is 32.0 Å². The molecule has 6 N–H and O–H groups in total. The van der Waals surface area contributed by atoms with Crippen LogP contribution in [0.1, 0.15) is 38.7 Å². The van der Waals surface area contributed by atoms with Crippen LogP contribution in [0.25, 0.3) is 10.9 Å². The number of nitrogens with two attached hydrogens (primary N) is 1. The molecule has 3 amide bonds. The van der Waals surface area contributed by atoms with Gasteiger partial charge in [0, 0.05) is 23.6 Å². The zero-order valence-corrected chi connectivity index (χ0v) is 22.3. The Balaban J connectivity index is 1.67. The molecule has 0 saturated carbocycles. The monoisotopic (exact) mass is 531 g/mol. The van der Waals surface area contributed by atoms with E-state index in [-0.39, 0.29) is 11.8 Å². The minimum absolute atomic E-state index is 0.307. The second-order valence-electron chi connectivity index (χ2n) is 9.77. The molecule has 1 fully saturated rings. The number of aromatic amines is 1. The minimum Gasteiger partial charge on any atom is -0.480 e. The van der Waals surface area contributed by atoms with Crippen LogP contribution < -0.4 is 16.4 Å². The predicted molar refractivity (Wildman–Crippen MR) is 144 cm³/mol. The molecule has 1 saturated heterocycles. The number of aromatic nitrogens is 1. The Bertz CT molecular complexity index is 1120. The molecule has 1 aliphatic rings. The van der Waals surface area contributed by atoms with Gasteiger partial charge in [-0.05, 0) is 55.2 Å². The smallest absolute Gasteiger partial charge is 0.326 e. The Morgan fingerprint density at radius 1 is 1.22 bits per heavy atom. The number of para-hydroxylation sites is 1. The highest BCUT2D eigenvalue weighted by Gasteiger charge is 2.38. The number of carboxylic acids is 1. The van der Waals surface area contributed by atoms with Gasteiger partial charge < -0.3 is 31.4 Å². The molecule has 1 aromatic carbocycles. The van der Waals surface area contributed by atoms with Gasteiger partial charge in [-0.3, -0.25) is 14.4 Å². The number of hydrogen-bond acceptors (Lipinski definition) is 6. The summed E-state index contributed by atoms with van der Waals surface area (Å²) in [6.07, 6.45) is 5.53. The Kier molecular flexibility index (Phi) is 9.99. The number of thioether (sulfide) groups is 1. The van der Waals surface area contributed by atoms with E-state index in [0.29, 0.717) is 38.0 Å². The molecule has 2 heterocycles. The topological polar surface area (TPSA) is 158 Å². The zero-order chi connectivity index (χ0) is 27.1. The number of amides is 3. The summed E-state index contributed by atoms with van der Waals surface area (Å²) in [6.45, 7) is 3.82. The van der Waals surface area contributed by atoms with Gasteiger partial charge in [-0.2, -0.15) is 11.8 Å². The van der Waals surface area contributed by atoms with Crippen molar-refractivity contribution >= 4 is 46.4 Å². The number of carboxylic acid groups (broad SMARTS) is 1. The molecule has 11 heteroatoms. The largest absolute Gasteiger partial charge is 0.480 e. The molecular weight excluding hydrogens is 494 g/mol. The van der Waals surface area contributed by atoms with Crippen LogP contribution in [-0.4, -0.2) is 81.4 Å². The number of H-pyrrole nitrogens is 1. The van der Waals surface area contributed by atoms with Crippen molar-refractivity contribution in [1.29, 1.82) is 0 Å². The number of nitrogens with one attached hydrogen (secondary N) is 3. The lowest BCUT2D eigenvalue weighted by atomic mass is 10.0. The molecule has 4 unspecified atom stereocenters. The molecule has 1 aliphatic heterocycles. The molecule has 10 nitrogen and oxygen atoms in total. The molecule has 0 bridgehead atoms. The predicted octanol–water partition coefficient (Wildman–Crippen LogP) is 1.49. The third kappa shape index (κ3) is 7.04. The molecule has 202 valence electrons. The second kappa shape index (κ2) is 13.0. The highest BCUT2D eigenvalue weighted by atomic mass is 32.2. The summed E-state index contributed by atoms with van der Waals surface area (Å²) in [7, 11) is 0. The number of aliphatic carboxylic acids is 1. The zero-order valence-electron chi connectivity index (χ0n) is 21.5. The first-order chi connectivity index (χ1) is 17.6. The molecular formula is C26H37N5O5S. The normalized spacial score (nSPS) is 18.0. The summed E-state index contributed by atoms with van der Waals surface area (Å²) in [5, 5.41) is 15.8. The maximum absolute atomic E-state index is 13.3. The highest BCUT2D eigenvalue weighted by Crippen LogP contribution is 2.22. The number of nitrogens with zero attached hydrogens (tertiary/aromatic N) is 1. The Hall–Kier alpha value is -3.05. The SMILES string of the molecule is CSCCC(NC(=O)C1CCCN1C(=O)C(N)Cc1c[nH]c2ccccc12)C(=O)NC(C(=O)O)C(C)C. The van der Waals surface area contributed by atoms with E-state index in [2.05, 4.69) is 15.6 Å². The molecule has 0 radical (unpaired) electrons. The van der Waals surface area contributed by atoms with Crippen LogP contribution in [0.4, 0.5) is 0 Å². The van der Waals surface area contributed by atoms with Crippen molar-refractivity contribution in [2.75, 3.05) is 18.6 Å². The molecule has 37 heavy (non-hydrogen) atoms. The van der Waals surface area contributed by atoms with Gasteiger partial charge >= 0.3 is 5.97 Å². The lowest BCUT2D eigenvalue weighted by molar-refractivity contribution is -0.144. The van der Waals surface area contributed by atoms with E-state index < -0.39 is 42.0 Å². The quantitative estimate of drug-likeness (QED) is 0.278. The van der Waals surface area contributed by atoms with E-state index in [0.717, 1.165) is 16.5 Å². The van der Waals surface area contributed by atoms with Gasteiger partial charge in [0.05, 0.1) is 6.04 Å². The Morgan fingerprint density at radius 3 is 2.62 bits per heavy atom. The first kappa shape index (κ1) is 28.5. The van der Waals surface area contributed by atoms with E-state index in [4.69, 9.17) is 5.73 Å². The molecule has 2 aromatic rings. The van der Waals surface area contributed by atoms with Gasteiger partial charge in [-0.15, -0.1) is 0 Å². The number of hydrogen-bond donors (Lipinski definition) is 5. The minimum atomic E-state index is -1.13. The van der Waals surface area contributed by atoms with Crippen molar-refractivity contribution in [3.8, 4) is 0 Å². The van der Waals surface area contributed by atoms with Crippen molar-refractivity contribution in [2.45, 2.75) is 63.7 Å². The van der Waals surface area contributed by atoms with Crippen LogP contribution in [0.3, 0.4) is 0 Å². The van der Waals surface area contributed by atoms with Gasteiger partial charge in [0.15, 0.2) is 0 Å². The molecule has 0 spiro atoms. The van der Waals surface area contributed by atoms with Crippen LogP contribution in [0.5, 0.6) is 0 Å². The summed E-state index contributed by atoms with van der Waals surface area (Å²) in [4.78, 5) is 55.7. The summed E-state index contributed by atoms with van der Waals surface area (Å²) >= 11 is 1.52. The average Bonchev–Trinajstić information content (AvgIpc) is 3.51. The van der Waals surface area contributed by atoms with Crippen molar-refractivity contribution in [3.63, 3.8) is 0 Å². The van der Waals surface area contributed by atoms with Crippen molar-refractivity contribution in [1.82, 2.24) is 20.5 Å². The van der Waals surface area contributed by atoms with Crippen LogP contribution in [0.15, 0.2) is 30.5 Å². The van der Waals surface area contributed by atoms with Crippen LogP contribution >= 0.6 is 11.8 Å². The molecule has 1 aromatic heterocycles. The fraction of sp³-hybridized carbons (Fsp3) is 0.538. The fourth-order valence-electron chi connectivity index (χ4n) is 4.68. The third-order valence-corrected chi connectivity index (χ3v) is 7.39. The number of fused-ring (bicyclic) bond motifs is 1. The lowest BCUT2D eigenvalue weighted by Crippen LogP contribution is -2.57. The number of likely N-dealkylation sites (tertiary alicyclic amines) is 1. The van der Waals surface area contributed by atoms with E-state index in [9.17, 15) is 24.3 Å². The van der Waals surface area contributed by atoms with Gasteiger partial charge in [0.1, 0.15) is 18.1 Å². The van der Waals surface area contributed by atoms with E-state index >= 15 is 0 Å². The number of rotatable bonds is 12. The Labute approximate surface area is 221 Å². The standard InChI is InChI=1S/C26H37N5O5S/c1-15(2)22(26(35)36)30-23(32)20(10-12-37-3)29-24(33)21-9-6-11-31(21)25(34)18(27)13-16-14-28-19-8-5-4-7-17(16)19/h4-5,7-8,14-15,18,20-22,28H,6,9-13,27H2,1-3H3,(H,29,33)(H,30,32)(H,35,36). The van der Waals surface area contributed by atoms with Crippen molar-refractivity contribution < 1.29 is 24.3 Å². The van der Waals surface area contributed by atoms with Crippen molar-refractivity contribution in [3.05, 3.63) is 36.0 Å². The van der Waals surface area contributed by atoms with Gasteiger partial charge in [0.25, 0.3) is 0 Å². The lowest BCUT2D eigenvalue weighted by Gasteiger charge is -2.29. The summed E-state index contributed by atoms with van der Waals surface area (Å²) < 4.78 is 0. The number of carbonyl (C=O) groups is 4. The summed E-state index contributed by atoms with van der Waals surface area (Å²) in [5.74, 6) is -2.13. The Morgan fingerprint density at radius 2 is 1.95 bits per heavy atom. The third-order valence-electron chi connectivity index (χ3n) is 6.74. The first-order valence-electron chi connectivity index (χ1n) is 12.6.